The van der Waals surface area contributed by atoms with Crippen LogP contribution in [0.2, 0.25) is 0 Å². The molecule has 6 heteroatoms. The van der Waals surface area contributed by atoms with Crippen molar-refractivity contribution in [3.05, 3.63) is 47.4 Å². The third-order valence-electron chi connectivity index (χ3n) is 3.79. The van der Waals surface area contributed by atoms with Gasteiger partial charge in [-0.2, -0.15) is 9.49 Å². The van der Waals surface area contributed by atoms with Crippen molar-refractivity contribution >= 4 is 11.8 Å². The molecule has 2 N–H and O–H groups in total. The molecule has 0 atom stereocenters. The summed E-state index contributed by atoms with van der Waals surface area (Å²) in [5.74, 6) is 0.467. The average Bonchev–Trinajstić information content (AvgIpc) is 3.28. The quantitative estimate of drug-likeness (QED) is 0.892. The molecule has 0 spiro atoms. The number of carbonyl (C=O) groups is 1. The summed E-state index contributed by atoms with van der Waals surface area (Å²) in [7, 11) is 1.48. The maximum absolute atomic E-state index is 13.1. The largest absolute Gasteiger partial charge is 0.337 e. The summed E-state index contributed by atoms with van der Waals surface area (Å²) >= 11 is 0. The number of amides is 2. The molecule has 0 aliphatic heterocycles. The molecule has 0 saturated heterocycles. The van der Waals surface area contributed by atoms with E-state index in [4.69, 9.17) is 0 Å². The molecule has 1 fully saturated rings. The lowest BCUT2D eigenvalue weighted by Crippen LogP contribution is -2.30. The summed E-state index contributed by atoms with van der Waals surface area (Å²) in [6.07, 6.45) is 3.36. The normalized spacial score (nSPS) is 13.9. The van der Waals surface area contributed by atoms with Gasteiger partial charge >= 0.3 is 6.03 Å². The Labute approximate surface area is 128 Å². The van der Waals surface area contributed by atoms with Gasteiger partial charge in [0.15, 0.2) is 5.82 Å². The van der Waals surface area contributed by atoms with Crippen LogP contribution in [0.3, 0.4) is 0 Å². The molecule has 1 aromatic heterocycles. The minimum atomic E-state index is -0.494. The highest BCUT2D eigenvalue weighted by Crippen LogP contribution is 2.39. The first kappa shape index (κ1) is 14.6. The van der Waals surface area contributed by atoms with Gasteiger partial charge in [0.05, 0.1) is 0 Å². The Hall–Kier alpha value is -2.37. The number of hydrogen-bond acceptors (Lipinski definition) is 2. The van der Waals surface area contributed by atoms with Crippen molar-refractivity contribution in [2.75, 3.05) is 11.9 Å². The number of nitrogens with zero attached hydrogens (tertiary/aromatic N) is 2. The van der Waals surface area contributed by atoms with Crippen LogP contribution in [0.25, 0.3) is 0 Å². The molecule has 1 aliphatic carbocycles. The van der Waals surface area contributed by atoms with Crippen molar-refractivity contribution in [3.8, 4) is 0 Å². The van der Waals surface area contributed by atoms with Crippen molar-refractivity contribution in [1.82, 2.24) is 15.1 Å². The van der Waals surface area contributed by atoms with Crippen LogP contribution < -0.4 is 10.6 Å². The number of carbonyl (C=O) groups excluding carboxylic acids is 1. The van der Waals surface area contributed by atoms with E-state index in [1.165, 1.54) is 37.1 Å². The second-order valence-electron chi connectivity index (χ2n) is 5.62. The van der Waals surface area contributed by atoms with E-state index in [1.54, 1.807) is 0 Å². The second kappa shape index (κ2) is 6.17. The number of aryl methyl sites for hydroxylation is 1. The molecule has 116 valence electrons. The van der Waals surface area contributed by atoms with Crippen LogP contribution >= 0.6 is 0 Å². The predicted octanol–water partition coefficient (Wildman–Crippen LogP) is 2.80. The molecule has 1 saturated carbocycles. The standard InChI is InChI=1S/C16H19FN4O/c1-21-14(17)10-15(20-21)19-16(22)18-9-8-11-2-4-12(5-3-11)13-6-7-13/h2-5,10,13H,6-9H2,1H3,(H2,18,19,20,22). The Morgan fingerprint density at radius 3 is 2.68 bits per heavy atom. The minimum absolute atomic E-state index is 0.200. The Morgan fingerprint density at radius 1 is 1.36 bits per heavy atom. The van der Waals surface area contributed by atoms with Gasteiger partial charge in [-0.15, -0.1) is 0 Å². The van der Waals surface area contributed by atoms with E-state index in [0.29, 0.717) is 6.54 Å². The topological polar surface area (TPSA) is 59.0 Å². The number of hydrogen-bond donors (Lipinski definition) is 2. The first-order chi connectivity index (χ1) is 10.6. The highest BCUT2D eigenvalue weighted by molar-refractivity contribution is 5.88. The third kappa shape index (κ3) is 3.63. The van der Waals surface area contributed by atoms with Crippen molar-refractivity contribution in [3.63, 3.8) is 0 Å². The van der Waals surface area contributed by atoms with E-state index in [1.807, 2.05) is 0 Å². The average molecular weight is 302 g/mol. The van der Waals surface area contributed by atoms with Gasteiger partial charge in [-0.05, 0) is 36.3 Å². The number of rotatable bonds is 5. The zero-order valence-electron chi connectivity index (χ0n) is 12.5. The number of nitrogens with one attached hydrogen (secondary N) is 2. The Bertz CT molecular complexity index is 642. The fourth-order valence-corrected chi connectivity index (χ4v) is 2.36. The van der Waals surface area contributed by atoms with Crippen molar-refractivity contribution in [2.24, 2.45) is 7.05 Å². The van der Waals surface area contributed by atoms with Crippen LogP contribution in [0, 0.1) is 5.95 Å². The molecule has 1 aliphatic rings. The molecule has 5 nitrogen and oxygen atoms in total. The summed E-state index contributed by atoms with van der Waals surface area (Å²) in [5, 5.41) is 9.05. The summed E-state index contributed by atoms with van der Waals surface area (Å²) in [5.41, 5.74) is 2.60. The van der Waals surface area contributed by atoms with Crippen LogP contribution in [0.1, 0.15) is 29.9 Å². The highest BCUT2D eigenvalue weighted by Gasteiger charge is 2.22. The summed E-state index contributed by atoms with van der Waals surface area (Å²) < 4.78 is 14.2. The third-order valence-corrected chi connectivity index (χ3v) is 3.79. The molecule has 1 heterocycles. The van der Waals surface area contributed by atoms with E-state index in [0.717, 1.165) is 17.0 Å². The second-order valence-corrected chi connectivity index (χ2v) is 5.62. The van der Waals surface area contributed by atoms with Gasteiger partial charge in [0.1, 0.15) is 0 Å². The van der Waals surface area contributed by atoms with Crippen molar-refractivity contribution < 1.29 is 9.18 Å². The molecule has 1 aromatic carbocycles. The number of anilines is 1. The van der Waals surface area contributed by atoms with Gasteiger partial charge in [-0.3, -0.25) is 5.32 Å². The number of halogens is 1. The zero-order valence-corrected chi connectivity index (χ0v) is 12.5. The lowest BCUT2D eigenvalue weighted by atomic mass is 10.1. The maximum atomic E-state index is 13.1. The molecular weight excluding hydrogens is 283 g/mol. The molecule has 2 aromatic rings. The lowest BCUT2D eigenvalue weighted by Gasteiger charge is -2.06. The van der Waals surface area contributed by atoms with E-state index in [-0.39, 0.29) is 11.8 Å². The van der Waals surface area contributed by atoms with Gasteiger partial charge in [-0.1, -0.05) is 24.3 Å². The monoisotopic (exact) mass is 302 g/mol. The molecule has 3 rings (SSSR count). The summed E-state index contributed by atoms with van der Waals surface area (Å²) in [4.78, 5) is 11.7. The highest BCUT2D eigenvalue weighted by atomic mass is 19.1. The maximum Gasteiger partial charge on any atom is 0.320 e. The first-order valence-electron chi connectivity index (χ1n) is 7.45. The predicted molar refractivity (Wildman–Crippen MR) is 82.3 cm³/mol. The van der Waals surface area contributed by atoms with Crippen LogP contribution in [-0.2, 0) is 13.5 Å². The van der Waals surface area contributed by atoms with Gasteiger partial charge in [0.25, 0.3) is 0 Å². The fourth-order valence-electron chi connectivity index (χ4n) is 2.36. The number of urea groups is 1. The molecule has 0 unspecified atom stereocenters. The molecule has 0 bridgehead atoms. The van der Waals surface area contributed by atoms with Crippen LogP contribution in [0.15, 0.2) is 30.3 Å². The fraction of sp³-hybridized carbons (Fsp3) is 0.375. The van der Waals surface area contributed by atoms with Gasteiger partial charge in [0, 0.05) is 19.7 Å². The van der Waals surface area contributed by atoms with E-state index >= 15 is 0 Å². The molecule has 22 heavy (non-hydrogen) atoms. The summed E-state index contributed by atoms with van der Waals surface area (Å²) in [6, 6.07) is 9.36. The zero-order chi connectivity index (χ0) is 15.5. The van der Waals surface area contributed by atoms with Crippen molar-refractivity contribution in [1.29, 1.82) is 0 Å². The van der Waals surface area contributed by atoms with Gasteiger partial charge in [-0.25, -0.2) is 9.48 Å². The first-order valence-corrected chi connectivity index (χ1v) is 7.45. The smallest absolute Gasteiger partial charge is 0.320 e. The number of benzene rings is 1. The van der Waals surface area contributed by atoms with E-state index in [9.17, 15) is 9.18 Å². The van der Waals surface area contributed by atoms with Crippen LogP contribution in [-0.4, -0.2) is 22.4 Å². The molecular formula is C16H19FN4O. The van der Waals surface area contributed by atoms with Crippen LogP contribution in [0.4, 0.5) is 15.0 Å². The van der Waals surface area contributed by atoms with E-state index < -0.39 is 5.95 Å². The Balaban J connectivity index is 1.42. The minimum Gasteiger partial charge on any atom is -0.337 e. The molecule has 0 radical (unpaired) electrons. The number of aromatic nitrogens is 2. The van der Waals surface area contributed by atoms with Crippen molar-refractivity contribution in [2.45, 2.75) is 25.2 Å². The van der Waals surface area contributed by atoms with Crippen LogP contribution in [0.5, 0.6) is 0 Å². The molecule has 2 amide bonds. The van der Waals surface area contributed by atoms with E-state index in [2.05, 4.69) is 40.0 Å². The Kier molecular flexibility index (Phi) is 4.09. The lowest BCUT2D eigenvalue weighted by molar-refractivity contribution is 0.252. The SMILES string of the molecule is Cn1nc(NC(=O)NCCc2ccc(C3CC3)cc2)cc1F. The van der Waals surface area contributed by atoms with Gasteiger partial charge in [0.2, 0.25) is 5.95 Å². The summed E-state index contributed by atoms with van der Waals surface area (Å²) in [6.45, 7) is 0.518. The Morgan fingerprint density at radius 2 is 2.09 bits per heavy atom. The van der Waals surface area contributed by atoms with Gasteiger partial charge < -0.3 is 5.32 Å².